The number of rotatable bonds is 8. The molecule has 1 atom stereocenters. The summed E-state index contributed by atoms with van der Waals surface area (Å²) in [5.41, 5.74) is 0.724. The number of unbranched alkanes of at least 4 members (excludes halogenated alkanes) is 1. The van der Waals surface area contributed by atoms with E-state index in [0.29, 0.717) is 17.7 Å². The van der Waals surface area contributed by atoms with E-state index in [-0.39, 0.29) is 24.1 Å². The van der Waals surface area contributed by atoms with E-state index in [0.717, 1.165) is 12.8 Å². The van der Waals surface area contributed by atoms with Crippen LogP contribution in [0.3, 0.4) is 0 Å². The van der Waals surface area contributed by atoms with Gasteiger partial charge in [0, 0.05) is 6.42 Å². The van der Waals surface area contributed by atoms with Crippen molar-refractivity contribution in [3.05, 3.63) is 23.8 Å². The summed E-state index contributed by atoms with van der Waals surface area (Å²) in [6.07, 6.45) is 1.31. The second-order valence-electron chi connectivity index (χ2n) is 4.56. The number of nitrogens with zero attached hydrogens (tertiary/aromatic N) is 1. The summed E-state index contributed by atoms with van der Waals surface area (Å²) in [6.45, 7) is 1.96. The lowest BCUT2D eigenvalue weighted by atomic mass is 10.1. The number of amides is 1. The second kappa shape index (κ2) is 9.22. The van der Waals surface area contributed by atoms with E-state index in [1.165, 1.54) is 0 Å². The number of aliphatic hydroxyl groups excluding tert-OH is 1. The zero-order valence-electron chi connectivity index (χ0n) is 11.9. The average Bonchev–Trinajstić information content (AvgIpc) is 2.50. The predicted octanol–water partition coefficient (Wildman–Crippen LogP) is 2.67. The number of benzene rings is 1. The molecule has 0 aliphatic heterocycles. The van der Waals surface area contributed by atoms with Gasteiger partial charge in [0.25, 0.3) is 0 Å². The Bertz CT molecular complexity index is 514. The van der Waals surface area contributed by atoms with Crippen molar-refractivity contribution in [2.75, 3.05) is 17.8 Å². The minimum Gasteiger partial charge on any atom is -0.487 e. The quantitative estimate of drug-likeness (QED) is 0.723. The lowest BCUT2D eigenvalue weighted by Crippen LogP contribution is -2.20. The van der Waals surface area contributed by atoms with Crippen LogP contribution in [0, 0.1) is 11.3 Å². The largest absolute Gasteiger partial charge is 0.487 e. The van der Waals surface area contributed by atoms with Crippen LogP contribution in [0.25, 0.3) is 0 Å². The number of ether oxygens (including phenoxy) is 1. The molecule has 0 saturated carbocycles. The lowest BCUT2D eigenvalue weighted by Gasteiger charge is -2.15. The number of para-hydroxylation sites is 1. The summed E-state index contributed by atoms with van der Waals surface area (Å²) in [7, 11) is 0. The minimum atomic E-state index is -0.831. The summed E-state index contributed by atoms with van der Waals surface area (Å²) in [5.74, 6) is 0.163. The molecule has 1 rings (SSSR count). The number of hydrogen-bond donors (Lipinski definition) is 2. The van der Waals surface area contributed by atoms with Gasteiger partial charge in [0.1, 0.15) is 18.8 Å². The van der Waals surface area contributed by atoms with Crippen molar-refractivity contribution >= 4 is 23.2 Å². The van der Waals surface area contributed by atoms with Crippen LogP contribution in [-0.4, -0.2) is 29.6 Å². The van der Waals surface area contributed by atoms with Crippen molar-refractivity contribution in [1.29, 1.82) is 5.26 Å². The molecule has 0 aromatic heterocycles. The summed E-state index contributed by atoms with van der Waals surface area (Å²) in [6, 6.07) is 6.92. The van der Waals surface area contributed by atoms with Crippen LogP contribution in [0.4, 0.5) is 5.69 Å². The summed E-state index contributed by atoms with van der Waals surface area (Å²) >= 11 is 5.51. The molecule has 0 bridgehead atoms. The van der Waals surface area contributed by atoms with Gasteiger partial charge in [0.05, 0.1) is 17.1 Å². The SMILES string of the molecule is CCCCC(=O)Nc1cccc(C#N)c1OCC(O)CCl. The molecule has 21 heavy (non-hydrogen) atoms. The first kappa shape index (κ1) is 17.3. The zero-order chi connectivity index (χ0) is 15.7. The topological polar surface area (TPSA) is 82.4 Å². The maximum atomic E-state index is 11.8. The number of anilines is 1. The molecule has 1 amide bonds. The van der Waals surface area contributed by atoms with Gasteiger partial charge in [0.2, 0.25) is 5.91 Å². The van der Waals surface area contributed by atoms with Crippen LogP contribution in [0.5, 0.6) is 5.75 Å². The molecule has 1 unspecified atom stereocenters. The average molecular weight is 311 g/mol. The summed E-state index contributed by atoms with van der Waals surface area (Å²) in [5, 5.41) is 21.3. The van der Waals surface area contributed by atoms with E-state index in [2.05, 4.69) is 5.32 Å². The van der Waals surface area contributed by atoms with Crippen molar-refractivity contribution < 1.29 is 14.6 Å². The molecule has 5 nitrogen and oxygen atoms in total. The van der Waals surface area contributed by atoms with Crippen molar-refractivity contribution in [3.63, 3.8) is 0 Å². The van der Waals surface area contributed by atoms with Gasteiger partial charge in [-0.3, -0.25) is 4.79 Å². The number of aliphatic hydroxyl groups is 1. The third kappa shape index (κ3) is 5.62. The van der Waals surface area contributed by atoms with Crippen molar-refractivity contribution in [2.45, 2.75) is 32.3 Å². The maximum Gasteiger partial charge on any atom is 0.224 e. The third-order valence-corrected chi connectivity index (χ3v) is 3.12. The maximum absolute atomic E-state index is 11.8. The van der Waals surface area contributed by atoms with E-state index in [4.69, 9.17) is 21.6 Å². The Morgan fingerprint density at radius 3 is 2.95 bits per heavy atom. The smallest absolute Gasteiger partial charge is 0.224 e. The molecule has 0 spiro atoms. The van der Waals surface area contributed by atoms with E-state index in [1.807, 2.05) is 13.0 Å². The van der Waals surface area contributed by atoms with Gasteiger partial charge in [-0.1, -0.05) is 19.4 Å². The molecule has 6 heteroatoms. The normalized spacial score (nSPS) is 11.5. The molecule has 0 saturated heterocycles. The highest BCUT2D eigenvalue weighted by atomic mass is 35.5. The highest BCUT2D eigenvalue weighted by Crippen LogP contribution is 2.29. The van der Waals surface area contributed by atoms with Gasteiger partial charge < -0.3 is 15.2 Å². The van der Waals surface area contributed by atoms with Crippen LogP contribution >= 0.6 is 11.6 Å². The monoisotopic (exact) mass is 310 g/mol. The van der Waals surface area contributed by atoms with Gasteiger partial charge >= 0.3 is 0 Å². The van der Waals surface area contributed by atoms with E-state index in [1.54, 1.807) is 18.2 Å². The van der Waals surface area contributed by atoms with Crippen molar-refractivity contribution in [2.24, 2.45) is 0 Å². The highest BCUT2D eigenvalue weighted by Gasteiger charge is 2.14. The third-order valence-electron chi connectivity index (χ3n) is 2.77. The molecule has 0 radical (unpaired) electrons. The first-order chi connectivity index (χ1) is 10.1. The molecule has 0 aliphatic carbocycles. The number of carbonyl (C=O) groups is 1. The fourth-order valence-electron chi connectivity index (χ4n) is 1.65. The standard InChI is InChI=1S/C15H19ClN2O3/c1-2-3-7-14(20)18-13-6-4-5-11(9-17)15(13)21-10-12(19)8-16/h4-6,12,19H,2-3,7-8,10H2,1H3,(H,18,20). The summed E-state index contributed by atoms with van der Waals surface area (Å²) < 4.78 is 5.45. The van der Waals surface area contributed by atoms with Crippen LogP contribution in [-0.2, 0) is 4.79 Å². The molecule has 1 aromatic rings. The fraction of sp³-hybridized carbons (Fsp3) is 0.467. The van der Waals surface area contributed by atoms with Gasteiger partial charge in [-0.15, -0.1) is 11.6 Å². The van der Waals surface area contributed by atoms with E-state index >= 15 is 0 Å². The van der Waals surface area contributed by atoms with E-state index < -0.39 is 6.10 Å². The van der Waals surface area contributed by atoms with Crippen LogP contribution in [0.1, 0.15) is 31.7 Å². The first-order valence-electron chi connectivity index (χ1n) is 6.82. The van der Waals surface area contributed by atoms with E-state index in [9.17, 15) is 9.90 Å². The summed E-state index contributed by atoms with van der Waals surface area (Å²) in [4.78, 5) is 11.8. The molecular weight excluding hydrogens is 292 g/mol. The van der Waals surface area contributed by atoms with Gasteiger partial charge in [-0.05, 0) is 18.6 Å². The predicted molar refractivity (Wildman–Crippen MR) is 81.5 cm³/mol. The minimum absolute atomic E-state index is 0.0346. The Morgan fingerprint density at radius 1 is 1.57 bits per heavy atom. The zero-order valence-corrected chi connectivity index (χ0v) is 12.7. The number of nitriles is 1. The Balaban J connectivity index is 2.87. The number of nitrogens with one attached hydrogen (secondary N) is 1. The van der Waals surface area contributed by atoms with Crippen molar-refractivity contribution in [3.8, 4) is 11.8 Å². The van der Waals surface area contributed by atoms with Gasteiger partial charge in [-0.2, -0.15) is 5.26 Å². The molecule has 0 heterocycles. The Hall–Kier alpha value is -1.77. The number of halogens is 1. The first-order valence-corrected chi connectivity index (χ1v) is 7.35. The number of hydrogen-bond acceptors (Lipinski definition) is 4. The molecule has 0 fully saturated rings. The number of alkyl halides is 1. The lowest BCUT2D eigenvalue weighted by molar-refractivity contribution is -0.116. The molecule has 114 valence electrons. The molecule has 2 N–H and O–H groups in total. The Morgan fingerprint density at radius 2 is 2.33 bits per heavy atom. The molecule has 1 aromatic carbocycles. The molecule has 0 aliphatic rings. The molecular formula is C15H19ClN2O3. The van der Waals surface area contributed by atoms with Crippen molar-refractivity contribution in [1.82, 2.24) is 0 Å². The van der Waals surface area contributed by atoms with Gasteiger partial charge in [0.15, 0.2) is 5.75 Å². The van der Waals surface area contributed by atoms with Crippen LogP contribution in [0.2, 0.25) is 0 Å². The number of carbonyl (C=O) groups excluding carboxylic acids is 1. The Kier molecular flexibility index (Phi) is 7.59. The second-order valence-corrected chi connectivity index (χ2v) is 4.87. The fourth-order valence-corrected chi connectivity index (χ4v) is 1.74. The highest BCUT2D eigenvalue weighted by molar-refractivity contribution is 6.18. The Labute approximate surface area is 129 Å². The van der Waals surface area contributed by atoms with Gasteiger partial charge in [-0.25, -0.2) is 0 Å². The van der Waals surface area contributed by atoms with Crippen LogP contribution in [0.15, 0.2) is 18.2 Å². The van der Waals surface area contributed by atoms with Crippen LogP contribution < -0.4 is 10.1 Å².